The molecule has 4 rings (SSSR count). The summed E-state index contributed by atoms with van der Waals surface area (Å²) in [6, 6.07) is 3.89. The van der Waals surface area contributed by atoms with Crippen molar-refractivity contribution in [2.45, 2.75) is 6.42 Å². The van der Waals surface area contributed by atoms with E-state index >= 15 is 0 Å². The van der Waals surface area contributed by atoms with Crippen LogP contribution in [0.1, 0.15) is 6.42 Å². The fraction of sp³-hybridized carbons (Fsp3) is 0.444. The van der Waals surface area contributed by atoms with Crippen molar-refractivity contribution in [3.63, 3.8) is 0 Å². The minimum Gasteiger partial charge on any atom is -0.494 e. The number of thiazole rings is 1. The van der Waals surface area contributed by atoms with Crippen LogP contribution < -0.4 is 15.0 Å². The number of carbonyl (C=O) groups is 1. The summed E-state index contributed by atoms with van der Waals surface area (Å²) in [7, 11) is 1.64. The molecule has 26 heavy (non-hydrogen) atoms. The van der Waals surface area contributed by atoms with E-state index in [1.54, 1.807) is 12.0 Å². The summed E-state index contributed by atoms with van der Waals surface area (Å²) in [6.07, 6.45) is 5.00. The van der Waals surface area contributed by atoms with E-state index in [-0.39, 0.29) is 6.03 Å². The van der Waals surface area contributed by atoms with Gasteiger partial charge in [0.1, 0.15) is 11.3 Å². The molecule has 3 heterocycles. The molecule has 0 saturated carbocycles. The molecule has 2 aromatic rings. The van der Waals surface area contributed by atoms with Crippen LogP contribution in [0.5, 0.6) is 5.75 Å². The number of nitrogens with zero attached hydrogens (tertiary/aromatic N) is 3. The molecule has 2 aliphatic rings. The van der Waals surface area contributed by atoms with Crippen molar-refractivity contribution in [2.24, 2.45) is 0 Å². The number of hydrogen-bond donors (Lipinski definition) is 1. The van der Waals surface area contributed by atoms with Crippen molar-refractivity contribution in [1.29, 1.82) is 0 Å². The fourth-order valence-electron chi connectivity index (χ4n) is 3.24. The van der Waals surface area contributed by atoms with Crippen LogP contribution in [0, 0.1) is 0 Å². The first-order valence-electron chi connectivity index (χ1n) is 8.77. The van der Waals surface area contributed by atoms with Crippen molar-refractivity contribution >= 4 is 38.4 Å². The number of amides is 2. The lowest BCUT2D eigenvalue weighted by molar-refractivity contribution is 0.123. The van der Waals surface area contributed by atoms with Gasteiger partial charge in [-0.1, -0.05) is 23.5 Å². The number of urea groups is 1. The molecule has 2 aliphatic heterocycles. The third-order valence-corrected chi connectivity index (χ3v) is 5.61. The number of carbonyl (C=O) groups excluding carboxylic acids is 1. The van der Waals surface area contributed by atoms with E-state index in [1.807, 2.05) is 12.1 Å². The lowest BCUT2D eigenvalue weighted by Crippen LogP contribution is -2.37. The van der Waals surface area contributed by atoms with Crippen LogP contribution in [-0.4, -0.2) is 62.4 Å². The first kappa shape index (κ1) is 17.1. The normalized spacial score (nSPS) is 17.6. The molecular formula is C18H22N4O3S. The quantitative estimate of drug-likeness (QED) is 0.837. The number of methoxy groups -OCH3 is 1. The molecule has 138 valence electrons. The highest BCUT2D eigenvalue weighted by molar-refractivity contribution is 7.23. The van der Waals surface area contributed by atoms with Crippen LogP contribution in [0.25, 0.3) is 10.2 Å². The molecule has 0 spiro atoms. The number of benzene rings is 1. The van der Waals surface area contributed by atoms with E-state index in [0.717, 1.165) is 60.9 Å². The van der Waals surface area contributed by atoms with Crippen LogP contribution in [0.3, 0.4) is 0 Å². The Morgan fingerprint density at radius 3 is 2.85 bits per heavy atom. The average molecular weight is 374 g/mol. The predicted molar refractivity (Wildman–Crippen MR) is 104 cm³/mol. The molecule has 7 nitrogen and oxygen atoms in total. The Kier molecular flexibility index (Phi) is 4.94. The molecule has 0 aliphatic carbocycles. The number of fused-ring (bicyclic) bond motifs is 1. The highest BCUT2D eigenvalue weighted by Crippen LogP contribution is 2.39. The Balaban J connectivity index is 1.63. The summed E-state index contributed by atoms with van der Waals surface area (Å²) in [4.78, 5) is 21.2. The van der Waals surface area contributed by atoms with Crippen molar-refractivity contribution in [1.82, 2.24) is 9.88 Å². The van der Waals surface area contributed by atoms with E-state index < -0.39 is 0 Å². The van der Waals surface area contributed by atoms with Gasteiger partial charge in [0.2, 0.25) is 0 Å². The van der Waals surface area contributed by atoms with E-state index in [9.17, 15) is 4.79 Å². The number of aromatic nitrogens is 1. The minimum absolute atomic E-state index is 0.111. The molecule has 1 aromatic carbocycles. The molecule has 1 N–H and O–H groups in total. The summed E-state index contributed by atoms with van der Waals surface area (Å²) in [5, 5.41) is 3.54. The van der Waals surface area contributed by atoms with Gasteiger partial charge in [-0.25, -0.2) is 9.78 Å². The number of anilines is 2. The van der Waals surface area contributed by atoms with E-state index in [1.165, 1.54) is 11.3 Å². The van der Waals surface area contributed by atoms with E-state index in [4.69, 9.17) is 9.47 Å². The second-order valence-corrected chi connectivity index (χ2v) is 7.22. The molecule has 0 unspecified atom stereocenters. The molecule has 0 radical (unpaired) electrons. The lowest BCUT2D eigenvalue weighted by Gasteiger charge is -2.29. The standard InChI is InChI=1S/C18H22N4O3S/c1-24-14-6-5-13(21-9-11-25-12-10-21)16-15(14)19-17(26-16)20-18(23)22-7-3-2-4-8-22/h2-3,5-6H,4,7-12H2,1H3,(H,19,20,23). The van der Waals surface area contributed by atoms with Gasteiger partial charge in [0.25, 0.3) is 0 Å². The van der Waals surface area contributed by atoms with Gasteiger partial charge < -0.3 is 19.3 Å². The summed E-state index contributed by atoms with van der Waals surface area (Å²) in [5.74, 6) is 0.717. The zero-order valence-electron chi connectivity index (χ0n) is 14.7. The molecule has 0 atom stereocenters. The monoisotopic (exact) mass is 374 g/mol. The Morgan fingerprint density at radius 2 is 2.12 bits per heavy atom. The molecule has 2 amide bonds. The van der Waals surface area contributed by atoms with Crippen molar-refractivity contribution < 1.29 is 14.3 Å². The smallest absolute Gasteiger partial charge is 0.323 e. The van der Waals surface area contributed by atoms with E-state index in [0.29, 0.717) is 11.7 Å². The third-order valence-electron chi connectivity index (χ3n) is 4.62. The number of ether oxygens (including phenoxy) is 2. The second-order valence-electron chi connectivity index (χ2n) is 6.22. The zero-order chi connectivity index (χ0) is 17.9. The maximum absolute atomic E-state index is 12.5. The van der Waals surface area contributed by atoms with Gasteiger partial charge in [0.05, 0.1) is 30.7 Å². The Hall–Kier alpha value is -2.32. The lowest BCUT2D eigenvalue weighted by atomic mass is 10.2. The number of nitrogens with one attached hydrogen (secondary N) is 1. The first-order valence-corrected chi connectivity index (χ1v) is 9.59. The average Bonchev–Trinajstić information content (AvgIpc) is 3.12. The maximum Gasteiger partial charge on any atom is 0.323 e. The number of morpholine rings is 1. The topological polar surface area (TPSA) is 66.9 Å². The van der Waals surface area contributed by atoms with Crippen molar-refractivity contribution in [3.05, 3.63) is 24.3 Å². The number of hydrogen-bond acceptors (Lipinski definition) is 6. The van der Waals surface area contributed by atoms with Crippen LogP contribution in [0.15, 0.2) is 24.3 Å². The number of rotatable bonds is 3. The highest BCUT2D eigenvalue weighted by Gasteiger charge is 2.21. The predicted octanol–water partition coefficient (Wildman–Crippen LogP) is 2.94. The van der Waals surface area contributed by atoms with Gasteiger partial charge >= 0.3 is 6.03 Å². The molecule has 0 bridgehead atoms. The van der Waals surface area contributed by atoms with Crippen LogP contribution in [-0.2, 0) is 4.74 Å². The van der Waals surface area contributed by atoms with E-state index in [2.05, 4.69) is 27.3 Å². The molecule has 1 aromatic heterocycles. The Labute approximate surface area is 156 Å². The molecule has 1 saturated heterocycles. The third kappa shape index (κ3) is 3.34. The molecule has 8 heteroatoms. The van der Waals surface area contributed by atoms with Crippen LogP contribution in [0.2, 0.25) is 0 Å². The van der Waals surface area contributed by atoms with Gasteiger partial charge in [0.15, 0.2) is 5.13 Å². The summed E-state index contributed by atoms with van der Waals surface area (Å²) < 4.78 is 12.0. The minimum atomic E-state index is -0.111. The summed E-state index contributed by atoms with van der Waals surface area (Å²) in [5.41, 5.74) is 1.90. The van der Waals surface area contributed by atoms with Gasteiger partial charge in [-0.05, 0) is 18.6 Å². The van der Waals surface area contributed by atoms with Gasteiger partial charge in [0, 0.05) is 26.2 Å². The van der Waals surface area contributed by atoms with Gasteiger partial charge in [-0.2, -0.15) is 0 Å². The first-order chi connectivity index (χ1) is 12.8. The zero-order valence-corrected chi connectivity index (χ0v) is 15.6. The van der Waals surface area contributed by atoms with Crippen molar-refractivity contribution in [3.8, 4) is 5.75 Å². The maximum atomic E-state index is 12.5. The fourth-order valence-corrected chi connectivity index (χ4v) is 4.25. The second kappa shape index (κ2) is 7.51. The molecule has 1 fully saturated rings. The Bertz CT molecular complexity index is 829. The SMILES string of the molecule is COc1ccc(N2CCOCC2)c2sc(NC(=O)N3CC=CCC3)nc12. The molecular weight excluding hydrogens is 352 g/mol. The van der Waals surface area contributed by atoms with Gasteiger partial charge in [-0.3, -0.25) is 5.32 Å². The van der Waals surface area contributed by atoms with Crippen molar-refractivity contribution in [2.75, 3.05) is 56.7 Å². The Morgan fingerprint density at radius 1 is 1.27 bits per heavy atom. The largest absolute Gasteiger partial charge is 0.494 e. The van der Waals surface area contributed by atoms with Crippen LogP contribution in [0.4, 0.5) is 15.6 Å². The van der Waals surface area contributed by atoms with Gasteiger partial charge in [-0.15, -0.1) is 0 Å². The summed E-state index contributed by atoms with van der Waals surface area (Å²) in [6.45, 7) is 4.51. The highest BCUT2D eigenvalue weighted by atomic mass is 32.1. The van der Waals surface area contributed by atoms with Crippen LogP contribution >= 0.6 is 11.3 Å². The summed E-state index contributed by atoms with van der Waals surface area (Å²) >= 11 is 1.49.